The van der Waals surface area contributed by atoms with E-state index in [1.807, 2.05) is 42.5 Å². The molecule has 0 aliphatic carbocycles. The van der Waals surface area contributed by atoms with Crippen LogP contribution < -0.4 is 14.2 Å². The number of nitrogens with zero attached hydrogens (tertiary/aromatic N) is 2. The van der Waals surface area contributed by atoms with Crippen molar-refractivity contribution < 1.29 is 18.9 Å². The third-order valence-corrected chi connectivity index (χ3v) is 5.14. The Morgan fingerprint density at radius 2 is 1.78 bits per heavy atom. The topological polar surface area (TPSA) is 53.1 Å². The van der Waals surface area contributed by atoms with Gasteiger partial charge in [0, 0.05) is 31.4 Å². The van der Waals surface area contributed by atoms with Gasteiger partial charge in [-0.2, -0.15) is 0 Å². The summed E-state index contributed by atoms with van der Waals surface area (Å²) >= 11 is 0. The molecule has 0 unspecified atom stereocenters. The van der Waals surface area contributed by atoms with Gasteiger partial charge < -0.3 is 18.9 Å². The standard InChI is InChI=1S/C26H30N2O4/c1-2-15-30-23-11-9-21(10-12-23)19-28-14-16-29-17-18-31-24-7-3-4-8-25(24)32-26-22(20-28)6-5-13-27-26/h3-13H,2,14-20H2,1H3. The highest BCUT2D eigenvalue weighted by Crippen LogP contribution is 2.32. The van der Waals surface area contributed by atoms with Crippen LogP contribution in [0.1, 0.15) is 24.5 Å². The summed E-state index contributed by atoms with van der Waals surface area (Å²) in [5.41, 5.74) is 2.24. The number of para-hydroxylation sites is 2. The number of pyridine rings is 1. The summed E-state index contributed by atoms with van der Waals surface area (Å²) in [5.74, 6) is 2.85. The van der Waals surface area contributed by atoms with Crippen molar-refractivity contribution >= 4 is 0 Å². The van der Waals surface area contributed by atoms with Gasteiger partial charge in [-0.25, -0.2) is 4.98 Å². The van der Waals surface area contributed by atoms with Gasteiger partial charge in [-0.15, -0.1) is 0 Å². The van der Waals surface area contributed by atoms with E-state index < -0.39 is 0 Å². The Labute approximate surface area is 189 Å². The van der Waals surface area contributed by atoms with E-state index in [1.54, 1.807) is 6.20 Å². The Morgan fingerprint density at radius 3 is 2.62 bits per heavy atom. The first kappa shape index (κ1) is 22.1. The minimum Gasteiger partial charge on any atom is -0.494 e. The SMILES string of the molecule is CCCOc1ccc(CN2CCOCCOc3ccccc3Oc3ncccc3C2)cc1. The van der Waals surface area contributed by atoms with Crippen molar-refractivity contribution in [2.75, 3.05) is 33.0 Å². The van der Waals surface area contributed by atoms with Crippen LogP contribution in [0.15, 0.2) is 66.9 Å². The largest absolute Gasteiger partial charge is 0.494 e. The lowest BCUT2D eigenvalue weighted by molar-refractivity contribution is 0.0762. The molecule has 0 saturated carbocycles. The van der Waals surface area contributed by atoms with E-state index in [4.69, 9.17) is 18.9 Å². The normalized spacial score (nSPS) is 15.0. The van der Waals surface area contributed by atoms with E-state index in [0.717, 1.165) is 37.4 Å². The lowest BCUT2D eigenvalue weighted by atomic mass is 10.2. The van der Waals surface area contributed by atoms with Crippen molar-refractivity contribution in [3.8, 4) is 23.1 Å². The van der Waals surface area contributed by atoms with Gasteiger partial charge in [-0.05, 0) is 42.3 Å². The number of hydrogen-bond acceptors (Lipinski definition) is 6. The molecule has 0 N–H and O–H groups in total. The number of ether oxygens (including phenoxy) is 4. The fraction of sp³-hybridized carbons (Fsp3) is 0.346. The quantitative estimate of drug-likeness (QED) is 0.559. The van der Waals surface area contributed by atoms with Gasteiger partial charge in [-0.3, -0.25) is 4.90 Å². The second kappa shape index (κ2) is 11.5. The molecule has 1 aliphatic rings. The number of benzene rings is 2. The van der Waals surface area contributed by atoms with Gasteiger partial charge >= 0.3 is 0 Å². The first-order valence-electron chi connectivity index (χ1n) is 11.2. The van der Waals surface area contributed by atoms with Gasteiger partial charge in [-0.1, -0.05) is 37.3 Å². The average molecular weight is 435 g/mol. The smallest absolute Gasteiger partial charge is 0.223 e. The minimum atomic E-state index is 0.467. The zero-order valence-corrected chi connectivity index (χ0v) is 18.5. The third kappa shape index (κ3) is 6.22. The molecule has 1 aliphatic heterocycles. The Bertz CT molecular complexity index is 978. The van der Waals surface area contributed by atoms with Gasteiger partial charge in [0.2, 0.25) is 5.88 Å². The maximum Gasteiger partial charge on any atom is 0.223 e. The number of rotatable bonds is 5. The van der Waals surface area contributed by atoms with Crippen LogP contribution in [0, 0.1) is 0 Å². The molecule has 32 heavy (non-hydrogen) atoms. The number of fused-ring (bicyclic) bond motifs is 2. The molecule has 168 valence electrons. The summed E-state index contributed by atoms with van der Waals surface area (Å²) in [4.78, 5) is 6.84. The molecule has 2 heterocycles. The average Bonchev–Trinajstić information content (AvgIpc) is 2.84. The number of aromatic nitrogens is 1. The van der Waals surface area contributed by atoms with Crippen LogP contribution in [0.2, 0.25) is 0 Å². The maximum absolute atomic E-state index is 6.19. The van der Waals surface area contributed by atoms with Gasteiger partial charge in [0.25, 0.3) is 0 Å². The Balaban J connectivity index is 1.53. The van der Waals surface area contributed by atoms with E-state index in [2.05, 4.69) is 35.0 Å². The first-order chi connectivity index (χ1) is 15.8. The lowest BCUT2D eigenvalue weighted by Gasteiger charge is -2.23. The molecular weight excluding hydrogens is 404 g/mol. The van der Waals surface area contributed by atoms with Crippen LogP contribution in [-0.2, 0) is 17.8 Å². The summed E-state index contributed by atoms with van der Waals surface area (Å²) in [6.45, 7) is 6.73. The highest BCUT2D eigenvalue weighted by molar-refractivity contribution is 5.43. The molecule has 2 aromatic carbocycles. The summed E-state index contributed by atoms with van der Waals surface area (Å²) < 4.78 is 23.6. The highest BCUT2D eigenvalue weighted by atomic mass is 16.5. The number of hydrogen-bond donors (Lipinski definition) is 0. The first-order valence-corrected chi connectivity index (χ1v) is 11.2. The molecule has 0 spiro atoms. The predicted molar refractivity (Wildman–Crippen MR) is 123 cm³/mol. The van der Waals surface area contributed by atoms with Crippen LogP contribution in [-0.4, -0.2) is 42.9 Å². The Kier molecular flexibility index (Phi) is 7.95. The van der Waals surface area contributed by atoms with E-state index in [-0.39, 0.29) is 0 Å². The van der Waals surface area contributed by atoms with Gasteiger partial charge in [0.05, 0.1) is 19.8 Å². The monoisotopic (exact) mass is 434 g/mol. The van der Waals surface area contributed by atoms with Gasteiger partial charge in [0.15, 0.2) is 11.5 Å². The zero-order chi connectivity index (χ0) is 22.0. The molecule has 0 fully saturated rings. The van der Waals surface area contributed by atoms with Crippen LogP contribution in [0.3, 0.4) is 0 Å². The van der Waals surface area contributed by atoms with Gasteiger partial charge in [0.1, 0.15) is 12.4 Å². The van der Waals surface area contributed by atoms with Crippen LogP contribution in [0.4, 0.5) is 0 Å². The molecule has 3 aromatic rings. The van der Waals surface area contributed by atoms with E-state index in [9.17, 15) is 0 Å². The Hall–Kier alpha value is -3.09. The molecule has 0 radical (unpaired) electrons. The molecule has 6 heteroatoms. The van der Waals surface area contributed by atoms with Crippen molar-refractivity contribution in [2.45, 2.75) is 26.4 Å². The minimum absolute atomic E-state index is 0.467. The fourth-order valence-electron chi connectivity index (χ4n) is 3.52. The van der Waals surface area contributed by atoms with Crippen molar-refractivity contribution in [1.29, 1.82) is 0 Å². The van der Waals surface area contributed by atoms with E-state index in [1.165, 1.54) is 5.56 Å². The second-order valence-electron chi connectivity index (χ2n) is 7.68. The summed E-state index contributed by atoms with van der Waals surface area (Å²) in [7, 11) is 0. The molecule has 6 nitrogen and oxygen atoms in total. The lowest BCUT2D eigenvalue weighted by Crippen LogP contribution is -2.27. The summed E-state index contributed by atoms with van der Waals surface area (Å²) in [6.07, 6.45) is 2.75. The molecule has 0 atom stereocenters. The van der Waals surface area contributed by atoms with Crippen molar-refractivity contribution in [2.24, 2.45) is 0 Å². The fourth-order valence-corrected chi connectivity index (χ4v) is 3.52. The van der Waals surface area contributed by atoms with Crippen molar-refractivity contribution in [3.05, 3.63) is 78.0 Å². The molecule has 4 rings (SSSR count). The van der Waals surface area contributed by atoms with Crippen molar-refractivity contribution in [3.63, 3.8) is 0 Å². The van der Waals surface area contributed by atoms with E-state index in [0.29, 0.717) is 43.7 Å². The molecular formula is C26H30N2O4. The third-order valence-electron chi connectivity index (χ3n) is 5.14. The van der Waals surface area contributed by atoms with Crippen LogP contribution >= 0.6 is 0 Å². The summed E-state index contributed by atoms with van der Waals surface area (Å²) in [5, 5.41) is 0. The molecule has 1 aromatic heterocycles. The molecule has 0 bridgehead atoms. The van der Waals surface area contributed by atoms with Crippen LogP contribution in [0.25, 0.3) is 0 Å². The molecule has 0 saturated heterocycles. The van der Waals surface area contributed by atoms with E-state index >= 15 is 0 Å². The van der Waals surface area contributed by atoms with Crippen molar-refractivity contribution in [1.82, 2.24) is 9.88 Å². The Morgan fingerprint density at radius 1 is 0.938 bits per heavy atom. The molecule has 0 amide bonds. The van der Waals surface area contributed by atoms with Crippen LogP contribution in [0.5, 0.6) is 23.1 Å². The maximum atomic E-state index is 6.19. The predicted octanol–water partition coefficient (Wildman–Crippen LogP) is 5.07. The second-order valence-corrected chi connectivity index (χ2v) is 7.68. The highest BCUT2D eigenvalue weighted by Gasteiger charge is 2.15. The zero-order valence-electron chi connectivity index (χ0n) is 18.5. The summed E-state index contributed by atoms with van der Waals surface area (Å²) in [6, 6.07) is 20.0.